The van der Waals surface area contributed by atoms with Crippen LogP contribution in [0.4, 0.5) is 4.79 Å². The molecule has 2 amide bonds. The molecule has 1 aliphatic rings. The number of carboxylic acids is 1. The van der Waals surface area contributed by atoms with Crippen LogP contribution in [-0.2, 0) is 27.2 Å². The summed E-state index contributed by atoms with van der Waals surface area (Å²) in [5, 5.41) is 10.2. The van der Waals surface area contributed by atoms with Crippen molar-refractivity contribution < 1.29 is 29.0 Å². The lowest BCUT2D eigenvalue weighted by Gasteiger charge is -2.05. The van der Waals surface area contributed by atoms with Crippen LogP contribution in [0.2, 0.25) is 0 Å². The monoisotopic (exact) mass is 503 g/mol. The van der Waals surface area contributed by atoms with Gasteiger partial charge in [-0.05, 0) is 59.5 Å². The third kappa shape index (κ3) is 9.23. The van der Waals surface area contributed by atoms with Gasteiger partial charge in [0.25, 0.3) is 11.1 Å². The van der Waals surface area contributed by atoms with E-state index in [1.165, 1.54) is 0 Å². The lowest BCUT2D eigenvalue weighted by molar-refractivity contribution is -0.137. The molecule has 1 aliphatic heterocycles. The Morgan fingerprint density at radius 3 is 1.86 bits per heavy atom. The van der Waals surface area contributed by atoms with Gasteiger partial charge in [0.1, 0.15) is 5.75 Å². The number of hydrogen-bond donors (Lipinski definition) is 2. The van der Waals surface area contributed by atoms with E-state index < -0.39 is 11.9 Å². The van der Waals surface area contributed by atoms with Crippen molar-refractivity contribution in [1.82, 2.24) is 5.32 Å². The Hall–Kier alpha value is -4.17. The van der Waals surface area contributed by atoms with Gasteiger partial charge in [0, 0.05) is 12.8 Å². The molecule has 184 valence electrons. The minimum Gasteiger partial charge on any atom is -0.481 e. The molecule has 7 nitrogen and oxygen atoms in total. The summed E-state index contributed by atoms with van der Waals surface area (Å²) >= 11 is 0.864. The summed E-state index contributed by atoms with van der Waals surface area (Å²) < 4.78 is 5.30. The summed E-state index contributed by atoms with van der Waals surface area (Å²) in [5.41, 5.74) is 2.91. The number of esters is 1. The number of thioether (sulfide) groups is 1. The van der Waals surface area contributed by atoms with Gasteiger partial charge in [-0.2, -0.15) is 0 Å². The Bertz CT molecular complexity index is 1220. The number of carbonyl (C=O) groups excluding carboxylic acids is 3. The predicted molar refractivity (Wildman–Crippen MR) is 138 cm³/mol. The van der Waals surface area contributed by atoms with Gasteiger partial charge in [-0.1, -0.05) is 72.8 Å². The molecule has 0 bridgehead atoms. The molecule has 3 aromatic rings. The van der Waals surface area contributed by atoms with E-state index in [-0.39, 0.29) is 17.6 Å². The highest BCUT2D eigenvalue weighted by Gasteiger charge is 2.24. The van der Waals surface area contributed by atoms with Gasteiger partial charge in [-0.15, -0.1) is 0 Å². The van der Waals surface area contributed by atoms with E-state index in [1.807, 2.05) is 60.7 Å². The number of amides is 2. The second-order valence-corrected chi connectivity index (χ2v) is 8.78. The summed E-state index contributed by atoms with van der Waals surface area (Å²) in [5.74, 6) is -0.994. The van der Waals surface area contributed by atoms with E-state index in [4.69, 9.17) is 9.84 Å². The molecule has 0 atom stereocenters. The molecule has 4 rings (SSSR count). The highest BCUT2D eigenvalue weighted by atomic mass is 32.2. The second kappa shape index (κ2) is 13.7. The van der Waals surface area contributed by atoms with Crippen LogP contribution in [0.3, 0.4) is 0 Å². The van der Waals surface area contributed by atoms with E-state index in [2.05, 4.69) is 5.32 Å². The normalized spacial score (nSPS) is 13.5. The molecular formula is C28H25NO6S. The van der Waals surface area contributed by atoms with Crippen molar-refractivity contribution in [3.63, 3.8) is 0 Å². The maximum atomic E-state index is 11.9. The summed E-state index contributed by atoms with van der Waals surface area (Å²) in [6, 6.07) is 26.1. The van der Waals surface area contributed by atoms with Crippen molar-refractivity contribution in [3.05, 3.63) is 107 Å². The first-order valence-electron chi connectivity index (χ1n) is 11.2. The number of nitrogens with one attached hydrogen (secondary N) is 1. The topological polar surface area (TPSA) is 110 Å². The molecule has 1 fully saturated rings. The minimum atomic E-state index is -0.742. The van der Waals surface area contributed by atoms with Crippen molar-refractivity contribution in [2.75, 3.05) is 0 Å². The van der Waals surface area contributed by atoms with Crippen molar-refractivity contribution in [3.8, 4) is 5.75 Å². The average Bonchev–Trinajstić information content (AvgIpc) is 3.20. The summed E-state index contributed by atoms with van der Waals surface area (Å²) in [4.78, 5) is 45.0. The van der Waals surface area contributed by atoms with Crippen molar-refractivity contribution in [2.45, 2.75) is 25.7 Å². The van der Waals surface area contributed by atoms with Crippen LogP contribution in [-0.4, -0.2) is 28.2 Å². The van der Waals surface area contributed by atoms with Gasteiger partial charge in [0.2, 0.25) is 0 Å². The Kier molecular flexibility index (Phi) is 10.0. The molecule has 0 saturated carbocycles. The van der Waals surface area contributed by atoms with E-state index >= 15 is 0 Å². The van der Waals surface area contributed by atoms with Gasteiger partial charge < -0.3 is 9.84 Å². The van der Waals surface area contributed by atoms with E-state index in [0.717, 1.165) is 28.5 Å². The molecule has 1 heterocycles. The zero-order chi connectivity index (χ0) is 25.8. The Labute approximate surface area is 213 Å². The number of ether oxygens (including phenoxy) is 1. The second-order valence-electron chi connectivity index (χ2n) is 7.76. The molecule has 0 aliphatic carbocycles. The van der Waals surface area contributed by atoms with Gasteiger partial charge in [0.05, 0.1) is 4.91 Å². The predicted octanol–water partition coefficient (Wildman–Crippen LogP) is 5.25. The number of imide groups is 1. The molecule has 36 heavy (non-hydrogen) atoms. The average molecular weight is 504 g/mol. The van der Waals surface area contributed by atoms with Crippen molar-refractivity contribution in [1.29, 1.82) is 0 Å². The number of hydrogen-bond acceptors (Lipinski definition) is 6. The molecule has 0 radical (unpaired) electrons. The van der Waals surface area contributed by atoms with E-state index in [1.54, 1.807) is 30.3 Å². The fourth-order valence-corrected chi connectivity index (χ4v) is 3.86. The number of carbonyl (C=O) groups is 4. The number of carboxylic acid groups (broad SMARTS) is 1. The summed E-state index contributed by atoms with van der Waals surface area (Å²) in [7, 11) is 0. The molecule has 0 aromatic heterocycles. The Morgan fingerprint density at radius 1 is 0.806 bits per heavy atom. The van der Waals surface area contributed by atoms with E-state index in [9.17, 15) is 19.2 Å². The Balaban J connectivity index is 0.000000275. The van der Waals surface area contributed by atoms with Crippen LogP contribution < -0.4 is 10.1 Å². The molecule has 8 heteroatoms. The fraction of sp³-hybridized carbons (Fsp3) is 0.143. The summed E-state index contributed by atoms with van der Waals surface area (Å²) in [6.45, 7) is 0. The third-order valence-corrected chi connectivity index (χ3v) is 5.79. The van der Waals surface area contributed by atoms with Crippen LogP contribution in [0.15, 0.2) is 89.8 Å². The first-order valence-corrected chi connectivity index (χ1v) is 12.1. The van der Waals surface area contributed by atoms with Crippen molar-refractivity contribution in [2.24, 2.45) is 0 Å². The van der Waals surface area contributed by atoms with Gasteiger partial charge in [-0.25, -0.2) is 0 Å². The van der Waals surface area contributed by atoms with Crippen LogP contribution in [0.1, 0.15) is 29.5 Å². The third-order valence-electron chi connectivity index (χ3n) is 4.98. The largest absolute Gasteiger partial charge is 0.481 e. The molecule has 2 N–H and O–H groups in total. The fourth-order valence-electron chi connectivity index (χ4n) is 3.17. The number of benzene rings is 3. The number of aliphatic carboxylic acids is 1. The lowest BCUT2D eigenvalue weighted by Crippen LogP contribution is -2.17. The van der Waals surface area contributed by atoms with Crippen LogP contribution in [0.5, 0.6) is 5.75 Å². The molecular weight excluding hydrogens is 478 g/mol. The number of rotatable bonds is 8. The maximum Gasteiger partial charge on any atom is 0.311 e. The molecule has 3 aromatic carbocycles. The first kappa shape index (κ1) is 26.4. The standard InChI is InChI=1S/C19H15NO4S.C9H10O2/c21-17(11-8-13-4-2-1-3-5-13)24-15-9-6-14(7-10-15)12-16-18(22)20-19(23)25-16;10-9(11)7-6-8-4-2-1-3-5-8/h1-7,9-10,12H,8,11H2,(H,20,22,23);1-5H,6-7H2,(H,10,11)/b16-12-;. The van der Waals surface area contributed by atoms with Crippen LogP contribution >= 0.6 is 11.8 Å². The van der Waals surface area contributed by atoms with Crippen LogP contribution in [0.25, 0.3) is 6.08 Å². The highest BCUT2D eigenvalue weighted by molar-refractivity contribution is 8.18. The van der Waals surface area contributed by atoms with Crippen molar-refractivity contribution >= 4 is 40.9 Å². The minimum absolute atomic E-state index is 0.212. The SMILES string of the molecule is O=C(CCc1ccccc1)Oc1ccc(/C=C2\SC(=O)NC2=O)cc1.O=C(O)CCc1ccccc1. The zero-order valence-corrected chi connectivity index (χ0v) is 20.2. The van der Waals surface area contributed by atoms with E-state index in [0.29, 0.717) is 29.9 Å². The summed E-state index contributed by atoms with van der Waals surface area (Å²) in [6.07, 6.45) is 3.38. The van der Waals surface area contributed by atoms with Gasteiger partial charge >= 0.3 is 11.9 Å². The number of aryl methyl sites for hydroxylation is 2. The van der Waals surface area contributed by atoms with Gasteiger partial charge in [0.15, 0.2) is 0 Å². The first-order chi connectivity index (χ1) is 17.4. The molecule has 1 saturated heterocycles. The molecule has 0 unspecified atom stereocenters. The lowest BCUT2D eigenvalue weighted by atomic mass is 10.1. The quantitative estimate of drug-likeness (QED) is 0.245. The smallest absolute Gasteiger partial charge is 0.311 e. The van der Waals surface area contributed by atoms with Crippen LogP contribution in [0, 0.1) is 0 Å². The highest BCUT2D eigenvalue weighted by Crippen LogP contribution is 2.26. The van der Waals surface area contributed by atoms with Gasteiger partial charge in [-0.3, -0.25) is 24.5 Å². The zero-order valence-electron chi connectivity index (χ0n) is 19.4. The molecule has 0 spiro atoms. The Morgan fingerprint density at radius 2 is 1.36 bits per heavy atom. The maximum absolute atomic E-state index is 11.9.